The third kappa shape index (κ3) is 4.18. The van der Waals surface area contributed by atoms with Gasteiger partial charge in [0.15, 0.2) is 6.10 Å². The molecular formula is C11H19NO4. The summed E-state index contributed by atoms with van der Waals surface area (Å²) in [6.07, 6.45) is 4.68. The van der Waals surface area contributed by atoms with Crippen LogP contribution in [0.25, 0.3) is 0 Å². The van der Waals surface area contributed by atoms with Crippen molar-refractivity contribution in [1.29, 1.82) is 0 Å². The van der Waals surface area contributed by atoms with Gasteiger partial charge in [0, 0.05) is 5.92 Å². The second-order valence-electron chi connectivity index (χ2n) is 4.29. The zero-order chi connectivity index (χ0) is 12.0. The lowest BCUT2D eigenvalue weighted by Crippen LogP contribution is -2.39. The van der Waals surface area contributed by atoms with Gasteiger partial charge in [0.2, 0.25) is 5.91 Å². The van der Waals surface area contributed by atoms with Crippen molar-refractivity contribution in [3.8, 4) is 0 Å². The number of carbonyl (C=O) groups excluding carboxylic acids is 1. The summed E-state index contributed by atoms with van der Waals surface area (Å²) in [5, 5.41) is 20.0. The van der Waals surface area contributed by atoms with E-state index >= 15 is 0 Å². The summed E-state index contributed by atoms with van der Waals surface area (Å²) < 4.78 is 0. The first-order valence-electron chi connectivity index (χ1n) is 5.80. The van der Waals surface area contributed by atoms with Gasteiger partial charge < -0.3 is 15.5 Å². The minimum atomic E-state index is -1.50. The van der Waals surface area contributed by atoms with Gasteiger partial charge in [-0.15, -0.1) is 0 Å². The molecule has 0 aromatic carbocycles. The predicted molar refractivity (Wildman–Crippen MR) is 57.8 cm³/mol. The Hall–Kier alpha value is -1.10. The molecule has 1 aliphatic carbocycles. The Labute approximate surface area is 94.8 Å². The van der Waals surface area contributed by atoms with Gasteiger partial charge in [-0.2, -0.15) is 0 Å². The van der Waals surface area contributed by atoms with Crippen LogP contribution in [-0.2, 0) is 9.59 Å². The highest BCUT2D eigenvalue weighted by Gasteiger charge is 2.21. The number of aliphatic hydroxyl groups is 1. The molecule has 1 fully saturated rings. The van der Waals surface area contributed by atoms with E-state index in [2.05, 4.69) is 5.32 Å². The number of hydrogen-bond donors (Lipinski definition) is 3. The normalized spacial score (nSPS) is 19.8. The van der Waals surface area contributed by atoms with Crippen LogP contribution in [-0.4, -0.2) is 34.7 Å². The van der Waals surface area contributed by atoms with Crippen LogP contribution in [0.5, 0.6) is 0 Å². The molecule has 0 spiro atoms. The molecule has 0 aromatic heterocycles. The smallest absolute Gasteiger partial charge is 0.334 e. The minimum Gasteiger partial charge on any atom is -0.479 e. The van der Waals surface area contributed by atoms with E-state index in [1.165, 1.54) is 12.8 Å². The van der Waals surface area contributed by atoms with Crippen LogP contribution in [0.1, 0.15) is 38.5 Å². The lowest BCUT2D eigenvalue weighted by atomic mass is 9.99. The van der Waals surface area contributed by atoms with Crippen LogP contribution in [0.2, 0.25) is 0 Å². The zero-order valence-electron chi connectivity index (χ0n) is 9.32. The van der Waals surface area contributed by atoms with E-state index < -0.39 is 12.1 Å². The molecule has 1 atom stereocenters. The molecule has 3 N–H and O–H groups in total. The number of aliphatic carboxylic acids is 1. The molecule has 16 heavy (non-hydrogen) atoms. The Bertz CT molecular complexity index is 246. The van der Waals surface area contributed by atoms with Crippen LogP contribution in [0.3, 0.4) is 0 Å². The van der Waals surface area contributed by atoms with Gasteiger partial charge in [0.25, 0.3) is 0 Å². The van der Waals surface area contributed by atoms with Crippen LogP contribution < -0.4 is 5.32 Å². The maximum atomic E-state index is 11.7. The Balaban J connectivity index is 2.30. The van der Waals surface area contributed by atoms with Crippen LogP contribution in [0, 0.1) is 5.92 Å². The van der Waals surface area contributed by atoms with Crippen molar-refractivity contribution >= 4 is 11.9 Å². The molecule has 1 saturated carbocycles. The Morgan fingerprint density at radius 3 is 2.25 bits per heavy atom. The maximum absolute atomic E-state index is 11.7. The van der Waals surface area contributed by atoms with Crippen LogP contribution in [0.4, 0.5) is 0 Å². The molecule has 1 amide bonds. The van der Waals surface area contributed by atoms with E-state index in [0.717, 1.165) is 25.7 Å². The third-order valence-corrected chi connectivity index (χ3v) is 2.98. The van der Waals surface area contributed by atoms with Gasteiger partial charge in [-0.1, -0.05) is 25.7 Å². The third-order valence-electron chi connectivity index (χ3n) is 2.98. The molecule has 5 heteroatoms. The second kappa shape index (κ2) is 6.48. The number of hydrogen-bond acceptors (Lipinski definition) is 3. The second-order valence-corrected chi connectivity index (χ2v) is 4.29. The van der Waals surface area contributed by atoms with Crippen molar-refractivity contribution in [3.63, 3.8) is 0 Å². The maximum Gasteiger partial charge on any atom is 0.334 e. The van der Waals surface area contributed by atoms with E-state index in [9.17, 15) is 9.59 Å². The highest BCUT2D eigenvalue weighted by molar-refractivity contribution is 5.80. The van der Waals surface area contributed by atoms with Crippen molar-refractivity contribution in [1.82, 2.24) is 5.32 Å². The Morgan fingerprint density at radius 1 is 1.19 bits per heavy atom. The Morgan fingerprint density at radius 2 is 1.75 bits per heavy atom. The van der Waals surface area contributed by atoms with E-state index in [-0.39, 0.29) is 18.4 Å². The number of nitrogens with one attached hydrogen (secondary N) is 1. The van der Waals surface area contributed by atoms with E-state index in [4.69, 9.17) is 10.2 Å². The number of carboxylic acid groups (broad SMARTS) is 1. The highest BCUT2D eigenvalue weighted by Crippen LogP contribution is 2.22. The highest BCUT2D eigenvalue weighted by atomic mass is 16.4. The van der Waals surface area contributed by atoms with Crippen molar-refractivity contribution in [3.05, 3.63) is 0 Å². The minimum absolute atomic E-state index is 0.0107. The van der Waals surface area contributed by atoms with Crippen molar-refractivity contribution < 1.29 is 19.8 Å². The fraction of sp³-hybridized carbons (Fsp3) is 0.818. The quantitative estimate of drug-likeness (QED) is 0.613. The Kier molecular flexibility index (Phi) is 5.25. The molecule has 5 nitrogen and oxygen atoms in total. The molecule has 1 aliphatic rings. The van der Waals surface area contributed by atoms with Gasteiger partial charge in [0.1, 0.15) is 0 Å². The first-order valence-corrected chi connectivity index (χ1v) is 5.80. The fourth-order valence-electron chi connectivity index (χ4n) is 1.97. The summed E-state index contributed by atoms with van der Waals surface area (Å²) in [6, 6.07) is 0. The molecular weight excluding hydrogens is 210 g/mol. The molecule has 0 heterocycles. The van der Waals surface area contributed by atoms with E-state index in [1.807, 2.05) is 0 Å². The lowest BCUT2D eigenvalue weighted by molar-refractivity contribution is -0.146. The molecule has 92 valence electrons. The SMILES string of the molecule is O=C(O)C(O)CNC(=O)C1CCCCCC1. The summed E-state index contributed by atoms with van der Waals surface area (Å²) in [7, 11) is 0. The summed E-state index contributed by atoms with van der Waals surface area (Å²) in [5.74, 6) is -1.44. The fourth-order valence-corrected chi connectivity index (χ4v) is 1.97. The van der Waals surface area contributed by atoms with E-state index in [0.29, 0.717) is 0 Å². The van der Waals surface area contributed by atoms with Gasteiger partial charge in [-0.05, 0) is 12.8 Å². The van der Waals surface area contributed by atoms with Crippen LogP contribution in [0.15, 0.2) is 0 Å². The summed E-state index contributed by atoms with van der Waals surface area (Å²) in [5.41, 5.74) is 0. The van der Waals surface area contributed by atoms with Gasteiger partial charge in [0.05, 0.1) is 6.54 Å². The topological polar surface area (TPSA) is 86.6 Å². The number of rotatable bonds is 4. The van der Waals surface area contributed by atoms with Crippen molar-refractivity contribution in [2.24, 2.45) is 5.92 Å². The van der Waals surface area contributed by atoms with Gasteiger partial charge in [-0.3, -0.25) is 4.79 Å². The first-order chi connectivity index (χ1) is 7.61. The summed E-state index contributed by atoms with van der Waals surface area (Å²) in [6.45, 7) is -0.204. The number of carbonyl (C=O) groups is 2. The van der Waals surface area contributed by atoms with Gasteiger partial charge >= 0.3 is 5.97 Å². The molecule has 0 radical (unpaired) electrons. The average Bonchev–Trinajstić information content (AvgIpc) is 2.53. The summed E-state index contributed by atoms with van der Waals surface area (Å²) in [4.78, 5) is 22.0. The standard InChI is InChI=1S/C11H19NO4/c13-9(11(15)16)7-12-10(14)8-5-3-1-2-4-6-8/h8-9,13H,1-7H2,(H,12,14)(H,15,16). The molecule has 0 saturated heterocycles. The lowest BCUT2D eigenvalue weighted by Gasteiger charge is -2.14. The van der Waals surface area contributed by atoms with Crippen LogP contribution >= 0.6 is 0 Å². The van der Waals surface area contributed by atoms with Gasteiger partial charge in [-0.25, -0.2) is 4.79 Å². The van der Waals surface area contributed by atoms with Crippen molar-refractivity contribution in [2.45, 2.75) is 44.6 Å². The predicted octanol–water partition coefficient (Wildman–Crippen LogP) is 0.518. The monoisotopic (exact) mass is 229 g/mol. The molecule has 0 bridgehead atoms. The molecule has 0 aromatic rings. The van der Waals surface area contributed by atoms with E-state index in [1.54, 1.807) is 0 Å². The number of aliphatic hydroxyl groups excluding tert-OH is 1. The zero-order valence-corrected chi connectivity index (χ0v) is 9.32. The first kappa shape index (κ1) is 13.0. The molecule has 0 aliphatic heterocycles. The summed E-state index contributed by atoms with van der Waals surface area (Å²) >= 11 is 0. The largest absolute Gasteiger partial charge is 0.479 e. The molecule has 1 rings (SSSR count). The van der Waals surface area contributed by atoms with Crippen molar-refractivity contribution in [2.75, 3.05) is 6.54 Å². The number of carboxylic acids is 1. The number of amides is 1. The molecule has 1 unspecified atom stereocenters. The average molecular weight is 229 g/mol.